The third-order valence-corrected chi connectivity index (χ3v) is 3.98. The predicted octanol–water partition coefficient (Wildman–Crippen LogP) is 3.93. The fourth-order valence-electron chi connectivity index (χ4n) is 2.04. The summed E-state index contributed by atoms with van der Waals surface area (Å²) in [6, 6.07) is 0.934. The molecule has 0 fully saturated rings. The van der Waals surface area contributed by atoms with Crippen molar-refractivity contribution in [3.8, 4) is 0 Å². The van der Waals surface area contributed by atoms with Gasteiger partial charge in [0.1, 0.15) is 5.01 Å². The number of thiazole rings is 1. The van der Waals surface area contributed by atoms with Crippen LogP contribution in [0.4, 0.5) is 0 Å². The summed E-state index contributed by atoms with van der Waals surface area (Å²) in [7, 11) is 0. The molecule has 3 heteroatoms. The minimum atomic E-state index is 0.425. The van der Waals surface area contributed by atoms with Gasteiger partial charge in [-0.15, -0.1) is 11.3 Å². The molecule has 0 saturated heterocycles. The summed E-state index contributed by atoms with van der Waals surface area (Å²) >= 11 is 1.79. The molecule has 2 nitrogen and oxygen atoms in total. The molecular formula is C13H24N2S. The van der Waals surface area contributed by atoms with E-state index in [1.807, 2.05) is 0 Å². The Kier molecular flexibility index (Phi) is 5.42. The zero-order valence-electron chi connectivity index (χ0n) is 11.1. The van der Waals surface area contributed by atoms with Crippen LogP contribution >= 0.6 is 11.3 Å². The van der Waals surface area contributed by atoms with Gasteiger partial charge in [0.2, 0.25) is 0 Å². The Morgan fingerprint density at radius 1 is 1.31 bits per heavy atom. The molecule has 0 radical (unpaired) electrons. The molecule has 1 N–H and O–H groups in total. The summed E-state index contributed by atoms with van der Waals surface area (Å²) in [6.45, 7) is 11.0. The van der Waals surface area contributed by atoms with Gasteiger partial charge in [-0.25, -0.2) is 4.98 Å². The van der Waals surface area contributed by atoms with Gasteiger partial charge < -0.3 is 5.32 Å². The largest absolute Gasteiger partial charge is 0.305 e. The van der Waals surface area contributed by atoms with Crippen molar-refractivity contribution in [3.05, 3.63) is 16.1 Å². The van der Waals surface area contributed by atoms with Crippen LogP contribution in [-0.4, -0.2) is 11.0 Å². The van der Waals surface area contributed by atoms with Crippen molar-refractivity contribution in [1.82, 2.24) is 10.3 Å². The molecule has 1 aromatic rings. The third kappa shape index (κ3) is 3.56. The lowest BCUT2D eigenvalue weighted by Gasteiger charge is -2.26. The SMILES string of the molecule is CCC(CC)C(NC(C)C)c1nc(C)cs1. The lowest BCUT2D eigenvalue weighted by Crippen LogP contribution is -2.33. The van der Waals surface area contributed by atoms with Crippen molar-refractivity contribution in [1.29, 1.82) is 0 Å². The second-order valence-corrected chi connectivity index (χ2v) is 5.59. The average Bonchev–Trinajstić information content (AvgIpc) is 2.64. The molecule has 1 heterocycles. The predicted molar refractivity (Wildman–Crippen MR) is 71.9 cm³/mol. The molecule has 0 amide bonds. The second-order valence-electron chi connectivity index (χ2n) is 4.70. The molecule has 0 saturated carbocycles. The standard InChI is InChI=1S/C13H24N2S/c1-6-11(7-2)12(14-9(3)4)13-15-10(5)8-16-13/h8-9,11-12,14H,6-7H2,1-5H3. The molecule has 0 aliphatic rings. The summed E-state index contributed by atoms with van der Waals surface area (Å²) in [6.07, 6.45) is 2.42. The van der Waals surface area contributed by atoms with Crippen LogP contribution in [0, 0.1) is 12.8 Å². The van der Waals surface area contributed by atoms with Gasteiger partial charge >= 0.3 is 0 Å². The number of rotatable bonds is 6. The Balaban J connectivity index is 2.85. The first-order chi connectivity index (χ1) is 7.58. The lowest BCUT2D eigenvalue weighted by atomic mass is 9.94. The highest BCUT2D eigenvalue weighted by molar-refractivity contribution is 7.09. The summed E-state index contributed by atoms with van der Waals surface area (Å²) < 4.78 is 0. The molecule has 92 valence electrons. The van der Waals surface area contributed by atoms with Crippen LogP contribution < -0.4 is 5.32 Å². The van der Waals surface area contributed by atoms with Gasteiger partial charge in [0, 0.05) is 17.1 Å². The van der Waals surface area contributed by atoms with Crippen molar-refractivity contribution in [2.75, 3.05) is 0 Å². The number of hydrogen-bond donors (Lipinski definition) is 1. The van der Waals surface area contributed by atoms with Crippen LogP contribution in [0.1, 0.15) is 57.3 Å². The van der Waals surface area contributed by atoms with Gasteiger partial charge in [0.05, 0.1) is 6.04 Å². The highest BCUT2D eigenvalue weighted by Gasteiger charge is 2.23. The molecule has 1 rings (SSSR count). The Hall–Kier alpha value is -0.410. The van der Waals surface area contributed by atoms with Crippen molar-refractivity contribution < 1.29 is 0 Å². The van der Waals surface area contributed by atoms with Gasteiger partial charge in [-0.05, 0) is 12.8 Å². The van der Waals surface area contributed by atoms with E-state index in [0.717, 1.165) is 5.69 Å². The third-order valence-electron chi connectivity index (χ3n) is 2.94. The van der Waals surface area contributed by atoms with Crippen LogP contribution in [0.3, 0.4) is 0 Å². The van der Waals surface area contributed by atoms with Crippen molar-refractivity contribution in [2.45, 2.75) is 59.5 Å². The van der Waals surface area contributed by atoms with E-state index >= 15 is 0 Å². The summed E-state index contributed by atoms with van der Waals surface area (Å²) in [4.78, 5) is 4.64. The highest BCUT2D eigenvalue weighted by atomic mass is 32.1. The summed E-state index contributed by atoms with van der Waals surface area (Å²) in [5, 5.41) is 7.05. The Morgan fingerprint density at radius 2 is 1.94 bits per heavy atom. The Labute approximate surface area is 103 Å². The minimum absolute atomic E-state index is 0.425. The van der Waals surface area contributed by atoms with Crippen molar-refractivity contribution in [2.24, 2.45) is 5.92 Å². The zero-order valence-corrected chi connectivity index (χ0v) is 11.9. The molecule has 0 aromatic carbocycles. The van der Waals surface area contributed by atoms with Gasteiger partial charge in [0.15, 0.2) is 0 Å². The van der Waals surface area contributed by atoms with Crippen LogP contribution in [0.5, 0.6) is 0 Å². The maximum absolute atomic E-state index is 4.64. The summed E-state index contributed by atoms with van der Waals surface area (Å²) in [5.41, 5.74) is 1.14. The second kappa shape index (κ2) is 6.36. The quantitative estimate of drug-likeness (QED) is 0.815. The first-order valence-electron chi connectivity index (χ1n) is 6.26. The topological polar surface area (TPSA) is 24.9 Å². The average molecular weight is 240 g/mol. The minimum Gasteiger partial charge on any atom is -0.305 e. The van der Waals surface area contributed by atoms with Crippen LogP contribution in [-0.2, 0) is 0 Å². The maximum atomic E-state index is 4.64. The van der Waals surface area contributed by atoms with E-state index in [1.165, 1.54) is 17.8 Å². The molecule has 0 bridgehead atoms. The van der Waals surface area contributed by atoms with E-state index in [1.54, 1.807) is 11.3 Å². The van der Waals surface area contributed by atoms with Gasteiger partial charge in [-0.1, -0.05) is 40.5 Å². The molecule has 1 unspecified atom stereocenters. The van der Waals surface area contributed by atoms with E-state index in [9.17, 15) is 0 Å². The van der Waals surface area contributed by atoms with Crippen molar-refractivity contribution in [3.63, 3.8) is 0 Å². The van der Waals surface area contributed by atoms with Crippen molar-refractivity contribution >= 4 is 11.3 Å². The maximum Gasteiger partial charge on any atom is 0.110 e. The molecule has 0 aliphatic carbocycles. The fraction of sp³-hybridized carbons (Fsp3) is 0.769. The summed E-state index contributed by atoms with van der Waals surface area (Å²) in [5.74, 6) is 0.688. The normalized spacial score (nSPS) is 13.7. The number of nitrogens with one attached hydrogen (secondary N) is 1. The highest BCUT2D eigenvalue weighted by Crippen LogP contribution is 2.29. The van der Waals surface area contributed by atoms with Gasteiger partial charge in [-0.3, -0.25) is 0 Å². The first-order valence-corrected chi connectivity index (χ1v) is 7.14. The van der Waals surface area contributed by atoms with E-state index in [4.69, 9.17) is 0 Å². The fourth-order valence-corrected chi connectivity index (χ4v) is 2.99. The lowest BCUT2D eigenvalue weighted by molar-refractivity contribution is 0.320. The van der Waals surface area contributed by atoms with Crippen LogP contribution in [0.15, 0.2) is 5.38 Å². The number of aryl methyl sites for hydroxylation is 1. The van der Waals surface area contributed by atoms with Crippen LogP contribution in [0.25, 0.3) is 0 Å². The molecule has 16 heavy (non-hydrogen) atoms. The zero-order chi connectivity index (χ0) is 12.1. The Bertz CT molecular complexity index is 303. The monoisotopic (exact) mass is 240 g/mol. The number of aromatic nitrogens is 1. The molecule has 1 aromatic heterocycles. The molecular weight excluding hydrogens is 216 g/mol. The van der Waals surface area contributed by atoms with E-state index in [-0.39, 0.29) is 0 Å². The molecule has 1 atom stereocenters. The molecule has 0 spiro atoms. The molecule has 0 aliphatic heterocycles. The first kappa shape index (κ1) is 13.7. The van der Waals surface area contributed by atoms with Gasteiger partial charge in [0.25, 0.3) is 0 Å². The van der Waals surface area contributed by atoms with Crippen LogP contribution in [0.2, 0.25) is 0 Å². The van der Waals surface area contributed by atoms with Gasteiger partial charge in [-0.2, -0.15) is 0 Å². The van der Waals surface area contributed by atoms with E-state index in [0.29, 0.717) is 18.0 Å². The van der Waals surface area contributed by atoms with E-state index < -0.39 is 0 Å². The van der Waals surface area contributed by atoms with E-state index in [2.05, 4.69) is 50.3 Å². The number of hydrogen-bond acceptors (Lipinski definition) is 3. The smallest absolute Gasteiger partial charge is 0.110 e. The Morgan fingerprint density at radius 3 is 2.31 bits per heavy atom. The number of nitrogens with zero attached hydrogens (tertiary/aromatic N) is 1.